The lowest BCUT2D eigenvalue weighted by Crippen LogP contribution is -1.94. The Hall–Kier alpha value is -1.58. The number of nitrogens with zero attached hydrogens (tertiary/aromatic N) is 3. The van der Waals surface area contributed by atoms with Crippen LogP contribution in [0.4, 0.5) is 5.69 Å². The Kier molecular flexibility index (Phi) is 1.09. The molecule has 0 spiro atoms. The predicted molar refractivity (Wildman–Crippen MR) is 42.1 cm³/mol. The number of aromatic nitrogens is 3. The van der Waals surface area contributed by atoms with E-state index in [1.54, 1.807) is 4.52 Å². The van der Waals surface area contributed by atoms with Crippen molar-refractivity contribution in [3.63, 3.8) is 0 Å². The van der Waals surface area contributed by atoms with E-state index in [-0.39, 0.29) is 0 Å². The maximum absolute atomic E-state index is 5.66. The summed E-state index contributed by atoms with van der Waals surface area (Å²) < 4.78 is 1.70. The second kappa shape index (κ2) is 1.95. The Labute approximate surface area is 63.7 Å². The SMILES string of the molecule is Cc1cn2ncnc2cc1N. The quantitative estimate of drug-likeness (QED) is 0.595. The second-order valence-electron chi connectivity index (χ2n) is 2.47. The second-order valence-corrected chi connectivity index (χ2v) is 2.47. The van der Waals surface area contributed by atoms with E-state index in [1.807, 2.05) is 19.2 Å². The summed E-state index contributed by atoms with van der Waals surface area (Å²) in [6.45, 7) is 1.94. The molecule has 2 rings (SSSR count). The highest BCUT2D eigenvalue weighted by Gasteiger charge is 1.97. The van der Waals surface area contributed by atoms with E-state index < -0.39 is 0 Å². The third-order valence-electron chi connectivity index (χ3n) is 1.66. The molecule has 0 unspecified atom stereocenters. The molecule has 0 fully saturated rings. The summed E-state index contributed by atoms with van der Waals surface area (Å²) in [6.07, 6.45) is 3.37. The topological polar surface area (TPSA) is 56.2 Å². The van der Waals surface area contributed by atoms with Crippen LogP contribution in [0, 0.1) is 6.92 Å². The van der Waals surface area contributed by atoms with Crippen molar-refractivity contribution in [1.82, 2.24) is 14.6 Å². The monoisotopic (exact) mass is 148 g/mol. The number of fused-ring (bicyclic) bond motifs is 1. The van der Waals surface area contributed by atoms with Crippen LogP contribution < -0.4 is 5.73 Å². The smallest absolute Gasteiger partial charge is 0.157 e. The summed E-state index contributed by atoms with van der Waals surface area (Å²) in [5.41, 5.74) is 8.22. The van der Waals surface area contributed by atoms with E-state index >= 15 is 0 Å². The normalized spacial score (nSPS) is 10.6. The molecule has 2 aromatic rings. The van der Waals surface area contributed by atoms with Crippen molar-refractivity contribution < 1.29 is 0 Å². The minimum atomic E-state index is 0.755. The average Bonchev–Trinajstić information content (AvgIpc) is 2.36. The molecule has 11 heavy (non-hydrogen) atoms. The Morgan fingerprint density at radius 1 is 1.55 bits per heavy atom. The molecule has 56 valence electrons. The first-order valence-corrected chi connectivity index (χ1v) is 3.33. The molecular formula is C7H8N4. The van der Waals surface area contributed by atoms with Crippen LogP contribution in [0.2, 0.25) is 0 Å². The highest BCUT2D eigenvalue weighted by atomic mass is 15.3. The van der Waals surface area contributed by atoms with Crippen molar-refractivity contribution in [1.29, 1.82) is 0 Å². The number of pyridine rings is 1. The first-order valence-electron chi connectivity index (χ1n) is 3.33. The average molecular weight is 148 g/mol. The molecule has 0 bridgehead atoms. The van der Waals surface area contributed by atoms with Gasteiger partial charge in [0.1, 0.15) is 6.33 Å². The first-order chi connectivity index (χ1) is 5.27. The molecule has 4 nitrogen and oxygen atoms in total. The van der Waals surface area contributed by atoms with Gasteiger partial charge in [0.25, 0.3) is 0 Å². The van der Waals surface area contributed by atoms with Gasteiger partial charge in [-0.1, -0.05) is 0 Å². The summed E-state index contributed by atoms with van der Waals surface area (Å²) in [5, 5.41) is 3.97. The summed E-state index contributed by atoms with van der Waals surface area (Å²) in [4.78, 5) is 3.99. The van der Waals surface area contributed by atoms with Gasteiger partial charge in [-0.15, -0.1) is 0 Å². The lowest BCUT2D eigenvalue weighted by molar-refractivity contribution is 0.953. The molecule has 0 aliphatic heterocycles. The molecule has 2 heterocycles. The summed E-state index contributed by atoms with van der Waals surface area (Å²) in [5.74, 6) is 0. The summed E-state index contributed by atoms with van der Waals surface area (Å²) in [7, 11) is 0. The molecule has 0 saturated heterocycles. The van der Waals surface area contributed by atoms with Crippen molar-refractivity contribution in [2.45, 2.75) is 6.92 Å². The number of rotatable bonds is 0. The summed E-state index contributed by atoms with van der Waals surface area (Å²) in [6, 6.07) is 1.81. The Morgan fingerprint density at radius 2 is 2.36 bits per heavy atom. The van der Waals surface area contributed by atoms with E-state index in [0.29, 0.717) is 0 Å². The van der Waals surface area contributed by atoms with E-state index in [0.717, 1.165) is 16.9 Å². The van der Waals surface area contributed by atoms with E-state index in [1.165, 1.54) is 6.33 Å². The van der Waals surface area contributed by atoms with E-state index in [4.69, 9.17) is 5.73 Å². The molecule has 0 aromatic carbocycles. The van der Waals surface area contributed by atoms with Crippen LogP contribution in [0.3, 0.4) is 0 Å². The predicted octanol–water partition coefficient (Wildman–Crippen LogP) is 0.620. The van der Waals surface area contributed by atoms with Gasteiger partial charge in [-0.2, -0.15) is 5.10 Å². The highest BCUT2D eigenvalue weighted by molar-refractivity contribution is 5.54. The zero-order valence-electron chi connectivity index (χ0n) is 6.15. The molecule has 0 aliphatic rings. The molecule has 0 aliphatic carbocycles. The molecule has 0 saturated carbocycles. The number of nitrogen functional groups attached to an aromatic ring is 1. The van der Waals surface area contributed by atoms with Crippen LogP contribution in [-0.4, -0.2) is 14.6 Å². The van der Waals surface area contributed by atoms with E-state index in [2.05, 4.69) is 10.1 Å². The largest absolute Gasteiger partial charge is 0.398 e. The lowest BCUT2D eigenvalue weighted by atomic mass is 10.3. The van der Waals surface area contributed by atoms with Crippen molar-refractivity contribution in [3.05, 3.63) is 24.2 Å². The minimum Gasteiger partial charge on any atom is -0.398 e. The van der Waals surface area contributed by atoms with Crippen LogP contribution in [0.15, 0.2) is 18.6 Å². The fourth-order valence-corrected chi connectivity index (χ4v) is 0.973. The van der Waals surface area contributed by atoms with Gasteiger partial charge in [-0.05, 0) is 12.5 Å². The number of anilines is 1. The first kappa shape index (κ1) is 6.15. The van der Waals surface area contributed by atoms with Gasteiger partial charge >= 0.3 is 0 Å². The fraction of sp³-hybridized carbons (Fsp3) is 0.143. The number of aryl methyl sites for hydroxylation is 1. The van der Waals surface area contributed by atoms with Gasteiger partial charge in [-0.3, -0.25) is 0 Å². The Balaban J connectivity index is 2.86. The van der Waals surface area contributed by atoms with Gasteiger partial charge in [0.15, 0.2) is 5.65 Å². The van der Waals surface area contributed by atoms with E-state index in [9.17, 15) is 0 Å². The van der Waals surface area contributed by atoms with Crippen molar-refractivity contribution >= 4 is 11.3 Å². The number of hydrogen-bond donors (Lipinski definition) is 1. The van der Waals surface area contributed by atoms with Crippen molar-refractivity contribution in [3.8, 4) is 0 Å². The van der Waals surface area contributed by atoms with Crippen LogP contribution in [0.1, 0.15) is 5.56 Å². The Morgan fingerprint density at radius 3 is 3.18 bits per heavy atom. The summed E-state index contributed by atoms with van der Waals surface area (Å²) >= 11 is 0. The zero-order chi connectivity index (χ0) is 7.84. The molecule has 0 amide bonds. The third kappa shape index (κ3) is 0.832. The minimum absolute atomic E-state index is 0.755. The van der Waals surface area contributed by atoms with Crippen molar-refractivity contribution in [2.75, 3.05) is 5.73 Å². The molecule has 4 heteroatoms. The van der Waals surface area contributed by atoms with Gasteiger partial charge in [0, 0.05) is 18.0 Å². The number of nitrogens with two attached hydrogens (primary N) is 1. The number of hydrogen-bond acceptors (Lipinski definition) is 3. The van der Waals surface area contributed by atoms with Crippen LogP contribution in [-0.2, 0) is 0 Å². The van der Waals surface area contributed by atoms with Gasteiger partial charge in [0.05, 0.1) is 0 Å². The molecule has 0 atom stereocenters. The van der Waals surface area contributed by atoms with Gasteiger partial charge in [-0.25, -0.2) is 9.50 Å². The Bertz CT molecular complexity index is 354. The molecule has 0 radical (unpaired) electrons. The van der Waals surface area contributed by atoms with Crippen LogP contribution >= 0.6 is 0 Å². The van der Waals surface area contributed by atoms with Gasteiger partial charge < -0.3 is 5.73 Å². The van der Waals surface area contributed by atoms with Crippen LogP contribution in [0.25, 0.3) is 5.65 Å². The third-order valence-corrected chi connectivity index (χ3v) is 1.66. The molecular weight excluding hydrogens is 140 g/mol. The fourth-order valence-electron chi connectivity index (χ4n) is 0.973. The molecule has 2 aromatic heterocycles. The molecule has 2 N–H and O–H groups in total. The lowest BCUT2D eigenvalue weighted by Gasteiger charge is -1.98. The standard InChI is InChI=1S/C7H8N4/c1-5-3-11-7(2-6(5)8)9-4-10-11/h2-4H,8H2,1H3. The van der Waals surface area contributed by atoms with Gasteiger partial charge in [0.2, 0.25) is 0 Å². The van der Waals surface area contributed by atoms with Crippen LogP contribution in [0.5, 0.6) is 0 Å². The van der Waals surface area contributed by atoms with Crippen molar-refractivity contribution in [2.24, 2.45) is 0 Å². The zero-order valence-corrected chi connectivity index (χ0v) is 6.15. The highest BCUT2D eigenvalue weighted by Crippen LogP contribution is 2.10. The maximum Gasteiger partial charge on any atom is 0.157 e. The maximum atomic E-state index is 5.66.